The number of hydrogen-bond donors (Lipinski definition) is 2. The molecule has 1 aliphatic rings. The van der Waals surface area contributed by atoms with Gasteiger partial charge in [0.25, 0.3) is 0 Å². The highest BCUT2D eigenvalue weighted by Gasteiger charge is 2.26. The van der Waals surface area contributed by atoms with Gasteiger partial charge in [-0.15, -0.1) is 0 Å². The second-order valence-corrected chi connectivity index (χ2v) is 2.24. The molecule has 2 nitrogen and oxygen atoms in total. The summed E-state index contributed by atoms with van der Waals surface area (Å²) >= 11 is 0. The first-order valence-corrected chi connectivity index (χ1v) is 2.80. The fraction of sp³-hybridized carbons (Fsp3) is 1.00. The van der Waals surface area contributed by atoms with Crippen molar-refractivity contribution >= 4 is 0 Å². The standard InChI is InChI=1S/C5H12N2/c6-3-5(7)4-1-2-4/h4-5H,1-3,6-7H2/t5-/m1/s1. The van der Waals surface area contributed by atoms with E-state index < -0.39 is 0 Å². The Hall–Kier alpha value is -0.0800. The zero-order valence-electron chi connectivity index (χ0n) is 4.43. The van der Waals surface area contributed by atoms with Crippen LogP contribution in [0.15, 0.2) is 0 Å². The first kappa shape index (κ1) is 5.06. The summed E-state index contributed by atoms with van der Waals surface area (Å²) in [7, 11) is 0. The van der Waals surface area contributed by atoms with Crippen LogP contribution in [0.25, 0.3) is 0 Å². The van der Waals surface area contributed by atoms with E-state index in [9.17, 15) is 0 Å². The molecule has 0 bridgehead atoms. The first-order valence-electron chi connectivity index (χ1n) is 2.80. The second kappa shape index (κ2) is 1.80. The van der Waals surface area contributed by atoms with Crippen molar-refractivity contribution in [1.29, 1.82) is 0 Å². The zero-order valence-corrected chi connectivity index (χ0v) is 4.43. The van der Waals surface area contributed by atoms with Crippen molar-refractivity contribution in [2.24, 2.45) is 17.4 Å². The minimum atomic E-state index is 0.292. The van der Waals surface area contributed by atoms with Crippen LogP contribution in [0.5, 0.6) is 0 Å². The number of rotatable bonds is 2. The van der Waals surface area contributed by atoms with Crippen LogP contribution < -0.4 is 11.5 Å². The van der Waals surface area contributed by atoms with E-state index in [4.69, 9.17) is 11.5 Å². The van der Waals surface area contributed by atoms with Crippen molar-refractivity contribution in [3.8, 4) is 0 Å². The van der Waals surface area contributed by atoms with E-state index in [0.717, 1.165) is 5.92 Å². The lowest BCUT2D eigenvalue weighted by molar-refractivity contribution is 0.605. The predicted molar refractivity (Wildman–Crippen MR) is 29.8 cm³/mol. The summed E-state index contributed by atoms with van der Waals surface area (Å²) in [5.41, 5.74) is 10.8. The average molecular weight is 100 g/mol. The summed E-state index contributed by atoms with van der Waals surface area (Å²) in [6, 6.07) is 0.292. The number of hydrogen-bond acceptors (Lipinski definition) is 2. The summed E-state index contributed by atoms with van der Waals surface area (Å²) < 4.78 is 0. The average Bonchev–Trinajstić information content (AvgIpc) is 2.44. The second-order valence-electron chi connectivity index (χ2n) is 2.24. The van der Waals surface area contributed by atoms with Crippen molar-refractivity contribution in [3.63, 3.8) is 0 Å². The molecule has 0 aromatic carbocycles. The van der Waals surface area contributed by atoms with Crippen LogP contribution in [0.4, 0.5) is 0 Å². The number of nitrogens with two attached hydrogens (primary N) is 2. The van der Waals surface area contributed by atoms with Crippen molar-refractivity contribution in [3.05, 3.63) is 0 Å². The minimum absolute atomic E-state index is 0.292. The Labute approximate surface area is 43.9 Å². The van der Waals surface area contributed by atoms with Gasteiger partial charge < -0.3 is 11.5 Å². The maximum atomic E-state index is 5.55. The summed E-state index contributed by atoms with van der Waals surface area (Å²) in [5.74, 6) is 0.769. The monoisotopic (exact) mass is 100 g/mol. The lowest BCUT2D eigenvalue weighted by atomic mass is 10.2. The van der Waals surface area contributed by atoms with E-state index in [0.29, 0.717) is 12.6 Å². The van der Waals surface area contributed by atoms with Gasteiger partial charge >= 0.3 is 0 Å². The Bertz CT molecular complexity index is 59.1. The topological polar surface area (TPSA) is 52.0 Å². The van der Waals surface area contributed by atoms with Gasteiger partial charge in [0, 0.05) is 12.6 Å². The molecule has 0 heterocycles. The van der Waals surface area contributed by atoms with Gasteiger partial charge in [-0.3, -0.25) is 0 Å². The van der Waals surface area contributed by atoms with E-state index in [2.05, 4.69) is 0 Å². The highest BCUT2D eigenvalue weighted by Crippen LogP contribution is 2.30. The first-order chi connectivity index (χ1) is 3.34. The molecule has 1 atom stereocenters. The molecule has 1 fully saturated rings. The SMILES string of the molecule is NC[C@@H](N)C1CC1. The molecule has 42 valence electrons. The summed E-state index contributed by atoms with van der Waals surface area (Å²) in [5, 5.41) is 0. The predicted octanol–water partition coefficient (Wildman–Crippen LogP) is -0.318. The summed E-state index contributed by atoms with van der Waals surface area (Å²) in [6.45, 7) is 0.657. The molecule has 0 spiro atoms. The maximum absolute atomic E-state index is 5.55. The lowest BCUT2D eigenvalue weighted by Gasteiger charge is -2.02. The van der Waals surface area contributed by atoms with Crippen LogP contribution in [-0.2, 0) is 0 Å². The van der Waals surface area contributed by atoms with Crippen LogP contribution in [-0.4, -0.2) is 12.6 Å². The van der Waals surface area contributed by atoms with Gasteiger partial charge in [-0.2, -0.15) is 0 Å². The van der Waals surface area contributed by atoms with Gasteiger partial charge in [-0.05, 0) is 18.8 Å². The van der Waals surface area contributed by atoms with Crippen LogP contribution in [0, 0.1) is 5.92 Å². The fourth-order valence-electron chi connectivity index (χ4n) is 0.717. The summed E-state index contributed by atoms with van der Waals surface area (Å²) in [4.78, 5) is 0. The molecule has 0 amide bonds. The fourth-order valence-corrected chi connectivity index (χ4v) is 0.717. The molecular weight excluding hydrogens is 88.1 g/mol. The third-order valence-electron chi connectivity index (χ3n) is 1.50. The van der Waals surface area contributed by atoms with E-state index in [1.165, 1.54) is 12.8 Å². The van der Waals surface area contributed by atoms with E-state index >= 15 is 0 Å². The lowest BCUT2D eigenvalue weighted by Crippen LogP contribution is -2.31. The van der Waals surface area contributed by atoms with Gasteiger partial charge in [-0.25, -0.2) is 0 Å². The largest absolute Gasteiger partial charge is 0.329 e. The van der Waals surface area contributed by atoms with E-state index in [1.807, 2.05) is 0 Å². The zero-order chi connectivity index (χ0) is 5.28. The molecule has 0 unspecified atom stereocenters. The normalized spacial score (nSPS) is 24.9. The molecule has 2 heteroatoms. The Morgan fingerprint density at radius 2 is 2.14 bits per heavy atom. The van der Waals surface area contributed by atoms with Crippen LogP contribution in [0.1, 0.15) is 12.8 Å². The molecule has 0 aromatic rings. The molecule has 0 aromatic heterocycles. The van der Waals surface area contributed by atoms with Gasteiger partial charge in [0.05, 0.1) is 0 Å². The Morgan fingerprint density at radius 3 is 2.29 bits per heavy atom. The quantitative estimate of drug-likeness (QED) is 0.499. The van der Waals surface area contributed by atoms with Gasteiger partial charge in [0.15, 0.2) is 0 Å². The van der Waals surface area contributed by atoms with Crippen molar-refractivity contribution in [2.75, 3.05) is 6.54 Å². The molecule has 4 N–H and O–H groups in total. The molecule has 0 aliphatic heterocycles. The highest BCUT2D eigenvalue weighted by atomic mass is 14.7. The van der Waals surface area contributed by atoms with Crippen molar-refractivity contribution in [2.45, 2.75) is 18.9 Å². The van der Waals surface area contributed by atoms with Crippen molar-refractivity contribution < 1.29 is 0 Å². The van der Waals surface area contributed by atoms with E-state index in [-0.39, 0.29) is 0 Å². The molecule has 1 rings (SSSR count). The van der Waals surface area contributed by atoms with Gasteiger partial charge in [0.2, 0.25) is 0 Å². The van der Waals surface area contributed by atoms with Gasteiger partial charge in [-0.1, -0.05) is 0 Å². The van der Waals surface area contributed by atoms with Crippen LogP contribution in [0.2, 0.25) is 0 Å². The highest BCUT2D eigenvalue weighted by molar-refractivity contribution is 4.83. The summed E-state index contributed by atoms with van der Waals surface area (Å²) in [6.07, 6.45) is 2.61. The Balaban J connectivity index is 2.10. The molecule has 0 radical (unpaired) electrons. The third kappa shape index (κ3) is 1.14. The molecule has 1 saturated carbocycles. The molecule has 1 aliphatic carbocycles. The van der Waals surface area contributed by atoms with E-state index in [1.54, 1.807) is 0 Å². The van der Waals surface area contributed by atoms with Crippen LogP contribution in [0.3, 0.4) is 0 Å². The molecule has 7 heavy (non-hydrogen) atoms. The Kier molecular flexibility index (Phi) is 1.30. The maximum Gasteiger partial charge on any atom is 0.0191 e. The van der Waals surface area contributed by atoms with Crippen molar-refractivity contribution in [1.82, 2.24) is 0 Å². The van der Waals surface area contributed by atoms with Gasteiger partial charge in [0.1, 0.15) is 0 Å². The molecule has 0 saturated heterocycles. The molecular formula is C5H12N2. The van der Waals surface area contributed by atoms with Crippen LogP contribution >= 0.6 is 0 Å². The minimum Gasteiger partial charge on any atom is -0.329 e. The smallest absolute Gasteiger partial charge is 0.0191 e. The third-order valence-corrected chi connectivity index (χ3v) is 1.50. The Morgan fingerprint density at radius 1 is 1.57 bits per heavy atom.